The Morgan fingerprint density at radius 3 is 2.90 bits per heavy atom. The van der Waals surface area contributed by atoms with E-state index in [-0.39, 0.29) is 11.4 Å². The van der Waals surface area contributed by atoms with Crippen molar-refractivity contribution in [2.24, 2.45) is 5.73 Å². The van der Waals surface area contributed by atoms with Crippen LogP contribution in [0.3, 0.4) is 0 Å². The molecule has 0 bridgehead atoms. The van der Waals surface area contributed by atoms with Gasteiger partial charge in [-0.3, -0.25) is 4.79 Å². The fraction of sp³-hybridized carbons (Fsp3) is 0.429. The lowest BCUT2D eigenvalue weighted by Gasteiger charge is -2.37. The van der Waals surface area contributed by atoms with Gasteiger partial charge in [0.05, 0.1) is 5.69 Å². The molecule has 0 aliphatic heterocycles. The lowest BCUT2D eigenvalue weighted by Crippen LogP contribution is -2.48. The number of carbonyl (C=O) groups excluding carboxylic acids is 1. The van der Waals surface area contributed by atoms with E-state index in [9.17, 15) is 4.79 Å². The Bertz CT molecular complexity index is 661. The lowest BCUT2D eigenvalue weighted by atomic mass is 9.75. The number of anilines is 1. The van der Waals surface area contributed by atoms with Gasteiger partial charge in [-0.25, -0.2) is 0 Å². The van der Waals surface area contributed by atoms with Gasteiger partial charge in [0.1, 0.15) is 0 Å². The first-order valence-corrected chi connectivity index (χ1v) is 7.00. The van der Waals surface area contributed by atoms with Crippen LogP contribution in [-0.2, 0) is 4.79 Å². The normalized spacial score (nSPS) is 16.3. The van der Waals surface area contributed by atoms with Gasteiger partial charge in [0, 0.05) is 17.6 Å². The van der Waals surface area contributed by atoms with E-state index in [0.717, 1.165) is 30.6 Å². The van der Waals surface area contributed by atoms with Gasteiger partial charge < -0.3 is 11.1 Å². The molecule has 2 aromatic rings. The average molecular weight is 286 g/mol. The average Bonchev–Trinajstić information content (AvgIpc) is 2.83. The molecular weight excluding hydrogens is 268 g/mol. The predicted molar refractivity (Wildman–Crippen MR) is 77.9 cm³/mol. The molecule has 1 aromatic carbocycles. The van der Waals surface area contributed by atoms with Gasteiger partial charge in [0.2, 0.25) is 5.91 Å². The Morgan fingerprint density at radius 1 is 1.48 bits per heavy atom. The van der Waals surface area contributed by atoms with Crippen molar-refractivity contribution in [3.63, 3.8) is 0 Å². The second kappa shape index (κ2) is 5.25. The van der Waals surface area contributed by atoms with Crippen LogP contribution in [0, 0.1) is 6.92 Å². The summed E-state index contributed by atoms with van der Waals surface area (Å²) in [6.07, 6.45) is 3.31. The number of aromatic nitrogens is 4. The Morgan fingerprint density at radius 2 is 2.29 bits per heavy atom. The van der Waals surface area contributed by atoms with Crippen LogP contribution in [0.2, 0.25) is 0 Å². The number of nitrogens with two attached hydrogens (primary N) is 1. The van der Waals surface area contributed by atoms with E-state index in [1.165, 1.54) is 0 Å². The second-order valence-corrected chi connectivity index (χ2v) is 5.63. The zero-order valence-electron chi connectivity index (χ0n) is 11.9. The zero-order valence-corrected chi connectivity index (χ0v) is 11.9. The van der Waals surface area contributed by atoms with Crippen LogP contribution in [0.4, 0.5) is 5.69 Å². The fourth-order valence-corrected chi connectivity index (χ4v) is 2.52. The quantitative estimate of drug-likeness (QED) is 0.879. The molecule has 1 amide bonds. The SMILES string of the molecule is Cc1nnnn1-c1cccc(NC(=O)CC2(N)CCC2)c1. The van der Waals surface area contributed by atoms with Gasteiger partial charge in [-0.1, -0.05) is 6.07 Å². The summed E-state index contributed by atoms with van der Waals surface area (Å²) in [5.41, 5.74) is 7.31. The Kier molecular flexibility index (Phi) is 3.42. The number of carbonyl (C=O) groups is 1. The molecule has 1 saturated carbocycles. The Labute approximate surface area is 122 Å². The fourth-order valence-electron chi connectivity index (χ4n) is 2.52. The minimum atomic E-state index is -0.311. The van der Waals surface area contributed by atoms with Gasteiger partial charge in [0.25, 0.3) is 0 Å². The van der Waals surface area contributed by atoms with E-state index in [1.54, 1.807) is 4.68 Å². The van der Waals surface area contributed by atoms with Crippen LogP contribution in [0.15, 0.2) is 24.3 Å². The van der Waals surface area contributed by atoms with E-state index in [0.29, 0.717) is 12.2 Å². The van der Waals surface area contributed by atoms with Crippen LogP contribution in [0.5, 0.6) is 0 Å². The summed E-state index contributed by atoms with van der Waals surface area (Å²) in [7, 11) is 0. The first-order valence-electron chi connectivity index (χ1n) is 7.00. The highest BCUT2D eigenvalue weighted by Gasteiger charge is 2.34. The molecule has 110 valence electrons. The van der Waals surface area contributed by atoms with Crippen molar-refractivity contribution in [2.45, 2.75) is 38.1 Å². The largest absolute Gasteiger partial charge is 0.326 e. The van der Waals surface area contributed by atoms with Gasteiger partial charge in [-0.05, 0) is 54.8 Å². The third-order valence-electron chi connectivity index (χ3n) is 3.86. The van der Waals surface area contributed by atoms with Gasteiger partial charge in [-0.2, -0.15) is 4.68 Å². The number of nitrogens with one attached hydrogen (secondary N) is 1. The number of nitrogens with zero attached hydrogens (tertiary/aromatic N) is 4. The maximum atomic E-state index is 12.0. The number of hydrogen-bond donors (Lipinski definition) is 2. The van der Waals surface area contributed by atoms with E-state index >= 15 is 0 Å². The minimum Gasteiger partial charge on any atom is -0.326 e. The van der Waals surface area contributed by atoms with Crippen molar-refractivity contribution < 1.29 is 4.79 Å². The molecule has 7 heteroatoms. The number of benzene rings is 1. The topological polar surface area (TPSA) is 98.7 Å². The maximum Gasteiger partial charge on any atom is 0.226 e. The van der Waals surface area contributed by atoms with Crippen molar-refractivity contribution >= 4 is 11.6 Å². The summed E-state index contributed by atoms with van der Waals surface area (Å²) in [4.78, 5) is 12.0. The third-order valence-corrected chi connectivity index (χ3v) is 3.86. The molecule has 0 saturated heterocycles. The van der Waals surface area contributed by atoms with Crippen molar-refractivity contribution in [2.75, 3.05) is 5.32 Å². The van der Waals surface area contributed by atoms with Gasteiger partial charge in [0.15, 0.2) is 5.82 Å². The Balaban J connectivity index is 1.71. The van der Waals surface area contributed by atoms with E-state index in [1.807, 2.05) is 31.2 Å². The maximum absolute atomic E-state index is 12.0. The predicted octanol–water partition coefficient (Wildman–Crippen LogP) is 1.18. The highest BCUT2D eigenvalue weighted by Crippen LogP contribution is 2.32. The minimum absolute atomic E-state index is 0.0530. The van der Waals surface area contributed by atoms with E-state index in [4.69, 9.17) is 5.73 Å². The highest BCUT2D eigenvalue weighted by molar-refractivity contribution is 5.91. The van der Waals surface area contributed by atoms with Crippen LogP contribution < -0.4 is 11.1 Å². The Hall–Kier alpha value is -2.28. The number of tetrazole rings is 1. The summed E-state index contributed by atoms with van der Waals surface area (Å²) >= 11 is 0. The molecule has 1 fully saturated rings. The zero-order chi connectivity index (χ0) is 14.9. The van der Waals surface area contributed by atoms with Crippen LogP contribution in [0.25, 0.3) is 5.69 Å². The molecule has 1 aliphatic carbocycles. The summed E-state index contributed by atoms with van der Waals surface area (Å²) in [6.45, 7) is 1.82. The molecule has 1 aliphatic rings. The molecular formula is C14H18N6O. The molecule has 0 atom stereocenters. The number of aryl methyl sites for hydroxylation is 1. The molecule has 3 N–H and O–H groups in total. The molecule has 0 radical (unpaired) electrons. The van der Waals surface area contributed by atoms with Crippen molar-refractivity contribution in [3.8, 4) is 5.69 Å². The van der Waals surface area contributed by atoms with Crippen molar-refractivity contribution in [1.82, 2.24) is 20.2 Å². The monoisotopic (exact) mass is 286 g/mol. The summed E-state index contributed by atoms with van der Waals surface area (Å²) in [6, 6.07) is 7.42. The number of hydrogen-bond acceptors (Lipinski definition) is 5. The molecule has 0 spiro atoms. The molecule has 3 rings (SSSR count). The molecule has 0 unspecified atom stereocenters. The third kappa shape index (κ3) is 2.92. The molecule has 1 aromatic heterocycles. The summed E-state index contributed by atoms with van der Waals surface area (Å²) in [5.74, 6) is 0.636. The number of rotatable bonds is 4. The van der Waals surface area contributed by atoms with E-state index < -0.39 is 0 Å². The lowest BCUT2D eigenvalue weighted by molar-refractivity contribution is -0.118. The van der Waals surface area contributed by atoms with Crippen LogP contribution >= 0.6 is 0 Å². The molecule has 1 heterocycles. The van der Waals surface area contributed by atoms with E-state index in [2.05, 4.69) is 20.8 Å². The first kappa shape index (κ1) is 13.7. The summed E-state index contributed by atoms with van der Waals surface area (Å²) < 4.78 is 1.62. The summed E-state index contributed by atoms with van der Waals surface area (Å²) in [5, 5.41) is 14.3. The van der Waals surface area contributed by atoms with Crippen molar-refractivity contribution in [1.29, 1.82) is 0 Å². The van der Waals surface area contributed by atoms with Crippen LogP contribution in [-0.4, -0.2) is 31.7 Å². The van der Waals surface area contributed by atoms with Gasteiger partial charge >= 0.3 is 0 Å². The number of amides is 1. The smallest absolute Gasteiger partial charge is 0.226 e. The van der Waals surface area contributed by atoms with Crippen molar-refractivity contribution in [3.05, 3.63) is 30.1 Å². The van der Waals surface area contributed by atoms with Gasteiger partial charge in [-0.15, -0.1) is 5.10 Å². The molecule has 7 nitrogen and oxygen atoms in total. The standard InChI is InChI=1S/C14H18N6O/c1-10-17-18-19-20(10)12-5-2-4-11(8-12)16-13(21)9-14(15)6-3-7-14/h2,4-5,8H,3,6-7,9,15H2,1H3,(H,16,21). The highest BCUT2D eigenvalue weighted by atomic mass is 16.1. The first-order chi connectivity index (χ1) is 10.1. The molecule has 21 heavy (non-hydrogen) atoms. The second-order valence-electron chi connectivity index (χ2n) is 5.63. The van der Waals surface area contributed by atoms with Crippen LogP contribution in [0.1, 0.15) is 31.5 Å².